The van der Waals surface area contributed by atoms with Crippen molar-refractivity contribution in [3.05, 3.63) is 449 Å². The summed E-state index contributed by atoms with van der Waals surface area (Å²) < 4.78 is 25.7. The Morgan fingerprint density at radius 3 is 0.680 bits per heavy atom. The molecule has 4 heterocycles. The largest absolute Gasteiger partial charge is 0.455 e. The Hall–Kier alpha value is -16.3. The maximum atomic E-state index is 6.42. The molecular weight excluding hydrogens is 1490 g/mol. The summed E-state index contributed by atoms with van der Waals surface area (Å²) in [5.41, 5.74) is 31.9. The number of nitrogens with zero attached hydrogens (tertiary/aromatic N) is 2. The highest BCUT2D eigenvalue weighted by Gasteiger charge is 2.22. The quantitative estimate of drug-likeness (QED) is 0.108. The smallest absolute Gasteiger partial charge is 0.143 e. The topological polar surface area (TPSA) is 59.0 Å². The Morgan fingerprint density at radius 1 is 0.131 bits per heavy atom. The average molecular weight is 1560 g/mol. The molecule has 0 bridgehead atoms. The molecule has 0 amide bonds. The number of benzene rings is 20. The van der Waals surface area contributed by atoms with Crippen LogP contribution in [-0.4, -0.2) is 0 Å². The summed E-state index contributed by atoms with van der Waals surface area (Å²) >= 11 is 0. The number of fused-ring (bicyclic) bond motifs is 14. The van der Waals surface area contributed by atoms with Gasteiger partial charge in [-0.05, 0) is 191 Å². The summed E-state index contributed by atoms with van der Waals surface area (Å²) in [6, 6.07) is 160. The van der Waals surface area contributed by atoms with Crippen LogP contribution in [0.25, 0.3) is 198 Å². The zero-order valence-corrected chi connectivity index (χ0v) is 66.3. The molecule has 4 aromatic heterocycles. The molecule has 0 saturated carbocycles. The molecule has 0 aliphatic rings. The second-order valence-corrected chi connectivity index (χ2v) is 31.3. The number of anilines is 6. The van der Waals surface area contributed by atoms with Crippen LogP contribution in [-0.2, 0) is 0 Å². The first-order chi connectivity index (χ1) is 60.4. The number of furan rings is 4. The van der Waals surface area contributed by atoms with Gasteiger partial charge in [0.1, 0.15) is 44.7 Å². The lowest BCUT2D eigenvalue weighted by Gasteiger charge is -2.26. The van der Waals surface area contributed by atoms with E-state index >= 15 is 0 Å². The van der Waals surface area contributed by atoms with E-state index in [1.807, 2.05) is 48.5 Å². The first-order valence-corrected chi connectivity index (χ1v) is 41.5. The SMILES string of the molecule is c1ccc2c(-c3ccc(-c4ccc(N(c5ccc(-c6cccc7c6oc6ccccc67)cc5)c5ccc(-c6cccc7c6oc6ccccc67)cc5)cc4)cc3)cccc2c1.c1ccc2cc(-c3ccc(-c4ccc(N(c5ccc(-c6cccc7c6oc6ccccc67)cc5)c5ccc(-c6cccc7c6oc6ccccc67)cc5)cc4)cc3)ccc2c1. The van der Waals surface area contributed by atoms with Gasteiger partial charge < -0.3 is 27.5 Å². The van der Waals surface area contributed by atoms with Crippen LogP contribution in [0.5, 0.6) is 0 Å². The van der Waals surface area contributed by atoms with Crippen LogP contribution in [0.2, 0.25) is 0 Å². The van der Waals surface area contributed by atoms with Gasteiger partial charge in [-0.15, -0.1) is 0 Å². The van der Waals surface area contributed by atoms with E-state index in [4.69, 9.17) is 17.7 Å². The minimum atomic E-state index is 0.900. The zero-order valence-electron chi connectivity index (χ0n) is 66.3. The number of rotatable bonds is 14. The zero-order chi connectivity index (χ0) is 80.6. The molecule has 6 heteroatoms. The predicted octanol–water partition coefficient (Wildman–Crippen LogP) is 33.6. The van der Waals surface area contributed by atoms with E-state index in [-0.39, 0.29) is 0 Å². The Morgan fingerprint density at radius 2 is 0.344 bits per heavy atom. The molecule has 20 aromatic carbocycles. The van der Waals surface area contributed by atoms with E-state index in [9.17, 15) is 0 Å². The van der Waals surface area contributed by atoms with Crippen molar-refractivity contribution >= 4 is 143 Å². The van der Waals surface area contributed by atoms with Crippen LogP contribution >= 0.6 is 0 Å². The number of para-hydroxylation sites is 8. The summed E-state index contributed by atoms with van der Waals surface area (Å²) in [6.45, 7) is 0. The van der Waals surface area contributed by atoms with Crippen LogP contribution in [0, 0.1) is 0 Å². The lowest BCUT2D eigenvalue weighted by Crippen LogP contribution is -2.09. The summed E-state index contributed by atoms with van der Waals surface area (Å²) in [4.78, 5) is 4.65. The van der Waals surface area contributed by atoms with Crippen molar-refractivity contribution in [1.82, 2.24) is 0 Å². The minimum Gasteiger partial charge on any atom is -0.455 e. The molecule has 24 aromatic rings. The van der Waals surface area contributed by atoms with Crippen molar-refractivity contribution in [1.29, 1.82) is 0 Å². The lowest BCUT2D eigenvalue weighted by molar-refractivity contribution is 0.669. The molecule has 122 heavy (non-hydrogen) atoms. The first kappa shape index (κ1) is 71.1. The summed E-state index contributed by atoms with van der Waals surface area (Å²) in [6.07, 6.45) is 0. The van der Waals surface area contributed by atoms with Crippen LogP contribution in [0.1, 0.15) is 0 Å². The van der Waals surface area contributed by atoms with E-state index in [0.29, 0.717) is 0 Å². The van der Waals surface area contributed by atoms with Crippen molar-refractivity contribution in [3.63, 3.8) is 0 Å². The monoisotopic (exact) mass is 1560 g/mol. The normalized spacial score (nSPS) is 11.6. The molecule has 0 saturated heterocycles. The maximum Gasteiger partial charge on any atom is 0.143 e. The van der Waals surface area contributed by atoms with Gasteiger partial charge in [0.15, 0.2) is 0 Å². The Bertz CT molecular complexity index is 7750. The highest BCUT2D eigenvalue weighted by atomic mass is 16.3. The molecule has 0 fully saturated rings. The average Bonchev–Trinajstić information content (AvgIpc) is 1.55. The van der Waals surface area contributed by atoms with Gasteiger partial charge in [0.25, 0.3) is 0 Å². The molecule has 0 radical (unpaired) electrons. The Kier molecular flexibility index (Phi) is 17.5. The summed E-state index contributed by atoms with van der Waals surface area (Å²) in [5, 5.41) is 14.0. The van der Waals surface area contributed by atoms with E-state index < -0.39 is 0 Å². The third-order valence-corrected chi connectivity index (χ3v) is 24.2. The van der Waals surface area contributed by atoms with Gasteiger partial charge in [-0.3, -0.25) is 0 Å². The van der Waals surface area contributed by atoms with Gasteiger partial charge in [0, 0.05) is 99.5 Å². The Labute approximate surface area is 704 Å². The maximum absolute atomic E-state index is 6.42. The molecule has 0 aliphatic carbocycles. The standard InChI is InChI=1S/2C58H37NO2/c1-2-12-47-40(10-1)11-7-15-48(47)41-24-22-38(23-25-41)39-26-32-44(33-27-39)59(45-34-28-42(29-35-45)49-16-8-18-53-51-13-3-5-20-55(51)60-57(49)53)46-36-30-43(31-37-46)50-17-9-19-54-52-14-4-6-21-56(52)61-58(50)54;1-2-10-44-37-45(24-23-38(44)9-1)41-21-19-39(20-22-41)40-25-31-46(32-26-40)59(47-33-27-42(28-34-47)49-13-7-15-53-51-11-3-5-17-55(51)60-57(49)53)48-35-29-43(30-36-48)50-14-8-16-54-52-12-4-6-18-56(52)61-58(50)54/h2*1-37H. The fourth-order valence-electron chi connectivity index (χ4n) is 18.1. The molecule has 0 N–H and O–H groups in total. The highest BCUT2D eigenvalue weighted by Crippen LogP contribution is 2.46. The van der Waals surface area contributed by atoms with Crippen LogP contribution in [0.15, 0.2) is 467 Å². The molecule has 0 aliphatic heterocycles. The molecule has 0 spiro atoms. The van der Waals surface area contributed by atoms with Crippen molar-refractivity contribution in [2.45, 2.75) is 0 Å². The summed E-state index contributed by atoms with van der Waals surface area (Å²) in [5.74, 6) is 0. The third kappa shape index (κ3) is 12.8. The van der Waals surface area contributed by atoms with E-state index in [1.54, 1.807) is 0 Å². The van der Waals surface area contributed by atoms with Gasteiger partial charge >= 0.3 is 0 Å². The molecule has 6 nitrogen and oxygen atoms in total. The van der Waals surface area contributed by atoms with Gasteiger partial charge in [0.05, 0.1) is 0 Å². The molecule has 0 unspecified atom stereocenters. The van der Waals surface area contributed by atoms with Crippen molar-refractivity contribution in [3.8, 4) is 89.0 Å². The Balaban J connectivity index is 0.000000142. The van der Waals surface area contributed by atoms with Gasteiger partial charge in [-0.1, -0.05) is 346 Å². The van der Waals surface area contributed by atoms with Gasteiger partial charge in [-0.2, -0.15) is 0 Å². The molecule has 572 valence electrons. The second-order valence-electron chi connectivity index (χ2n) is 31.3. The third-order valence-electron chi connectivity index (χ3n) is 24.2. The minimum absolute atomic E-state index is 0.900. The fourth-order valence-corrected chi connectivity index (χ4v) is 18.1. The van der Waals surface area contributed by atoms with Gasteiger partial charge in [0.2, 0.25) is 0 Å². The number of hydrogen-bond acceptors (Lipinski definition) is 6. The van der Waals surface area contributed by atoms with Crippen LogP contribution in [0.4, 0.5) is 34.1 Å². The van der Waals surface area contributed by atoms with Gasteiger partial charge in [-0.25, -0.2) is 0 Å². The molecular formula is C116H74N2O4. The fraction of sp³-hybridized carbons (Fsp3) is 0. The highest BCUT2D eigenvalue weighted by molar-refractivity contribution is 6.13. The van der Waals surface area contributed by atoms with Crippen molar-refractivity contribution < 1.29 is 17.7 Å². The summed E-state index contributed by atoms with van der Waals surface area (Å²) in [7, 11) is 0. The lowest BCUT2D eigenvalue weighted by atomic mass is 9.96. The molecule has 24 rings (SSSR count). The molecule has 0 atom stereocenters. The van der Waals surface area contributed by atoms with Crippen molar-refractivity contribution in [2.24, 2.45) is 0 Å². The van der Waals surface area contributed by atoms with E-state index in [2.05, 4.69) is 410 Å². The van der Waals surface area contributed by atoms with Crippen LogP contribution in [0.3, 0.4) is 0 Å². The van der Waals surface area contributed by atoms with Crippen molar-refractivity contribution in [2.75, 3.05) is 9.80 Å². The second kappa shape index (κ2) is 30.0. The first-order valence-electron chi connectivity index (χ1n) is 41.5. The van der Waals surface area contributed by atoms with E-state index in [0.717, 1.165) is 178 Å². The predicted molar refractivity (Wildman–Crippen MR) is 510 cm³/mol. The number of hydrogen-bond donors (Lipinski definition) is 0. The van der Waals surface area contributed by atoms with E-state index in [1.165, 1.54) is 54.9 Å². The van der Waals surface area contributed by atoms with Crippen LogP contribution < -0.4 is 9.80 Å².